The van der Waals surface area contributed by atoms with Gasteiger partial charge in [-0.15, -0.1) is 0 Å². The van der Waals surface area contributed by atoms with Gasteiger partial charge in [-0.25, -0.2) is 4.99 Å². The summed E-state index contributed by atoms with van der Waals surface area (Å²) in [6.45, 7) is 0.490. The van der Waals surface area contributed by atoms with Crippen molar-refractivity contribution in [2.75, 3.05) is 0 Å². The molecule has 2 aliphatic rings. The third-order valence-corrected chi connectivity index (χ3v) is 3.71. The van der Waals surface area contributed by atoms with Crippen LogP contribution in [-0.2, 0) is 11.3 Å². The van der Waals surface area contributed by atoms with E-state index in [9.17, 15) is 4.79 Å². The molecular formula is C14H12N4OS. The van der Waals surface area contributed by atoms with Crippen molar-refractivity contribution in [1.82, 2.24) is 15.2 Å². The van der Waals surface area contributed by atoms with Crippen LogP contribution in [-0.4, -0.2) is 22.1 Å². The maximum Gasteiger partial charge on any atom is 0.259 e. The third kappa shape index (κ3) is 2.80. The molecule has 3 heterocycles. The number of rotatable bonds is 3. The first kappa shape index (κ1) is 12.7. The molecule has 0 aromatic carbocycles. The number of hydrogen-bond donors (Lipinski definition) is 1. The zero-order valence-electron chi connectivity index (χ0n) is 10.6. The molecule has 0 aliphatic carbocycles. The lowest BCUT2D eigenvalue weighted by Gasteiger charge is -2.23. The largest absolute Gasteiger partial charge is 0.347 e. The molecule has 1 amide bonds. The normalized spacial score (nSPS) is 16.3. The van der Waals surface area contributed by atoms with E-state index >= 15 is 0 Å². The molecule has 0 fully saturated rings. The van der Waals surface area contributed by atoms with Crippen LogP contribution in [0.2, 0.25) is 0 Å². The standard InChI is InChI=1S/C14H12N4OS/c19-14(17-7-11-1-4-15-5-2-11)13-8-18-10-16-6-3-12(18)9-20-13/h1-6,8-10H,7H2,(H,17,19). The number of fused-ring (bicyclic) bond motifs is 1. The number of hydrogen-bond acceptors (Lipinski definition) is 5. The molecule has 0 radical (unpaired) electrons. The Labute approximate surface area is 120 Å². The average Bonchev–Trinajstić information content (AvgIpc) is 2.53. The molecule has 3 rings (SSSR count). The quantitative estimate of drug-likeness (QED) is 0.922. The van der Waals surface area contributed by atoms with Crippen molar-refractivity contribution in [1.29, 1.82) is 0 Å². The molecule has 1 aromatic rings. The van der Waals surface area contributed by atoms with E-state index in [1.54, 1.807) is 31.1 Å². The second kappa shape index (κ2) is 5.75. The maximum atomic E-state index is 12.1. The number of carbonyl (C=O) groups excluding carboxylic acids is 1. The summed E-state index contributed by atoms with van der Waals surface area (Å²) in [5.74, 6) is -0.0925. The van der Waals surface area contributed by atoms with Gasteiger partial charge in [0, 0.05) is 36.7 Å². The van der Waals surface area contributed by atoms with Crippen LogP contribution in [0.25, 0.3) is 0 Å². The van der Waals surface area contributed by atoms with Crippen LogP contribution in [0.5, 0.6) is 0 Å². The first-order valence-electron chi connectivity index (χ1n) is 6.07. The molecule has 5 nitrogen and oxygen atoms in total. The molecule has 20 heavy (non-hydrogen) atoms. The molecule has 0 spiro atoms. The lowest BCUT2D eigenvalue weighted by Crippen LogP contribution is -2.27. The summed E-state index contributed by atoms with van der Waals surface area (Å²) in [4.78, 5) is 22.6. The number of nitrogens with one attached hydrogen (secondary N) is 1. The third-order valence-electron chi connectivity index (χ3n) is 2.81. The van der Waals surface area contributed by atoms with Crippen molar-refractivity contribution >= 4 is 24.0 Å². The Morgan fingerprint density at radius 2 is 2.20 bits per heavy atom. The highest BCUT2D eigenvalue weighted by atomic mass is 32.2. The fourth-order valence-electron chi connectivity index (χ4n) is 1.75. The van der Waals surface area contributed by atoms with Crippen LogP contribution in [0, 0.1) is 0 Å². The minimum Gasteiger partial charge on any atom is -0.347 e. The first-order valence-corrected chi connectivity index (χ1v) is 6.95. The van der Waals surface area contributed by atoms with E-state index in [4.69, 9.17) is 0 Å². The average molecular weight is 284 g/mol. The summed E-state index contributed by atoms with van der Waals surface area (Å²) in [6.07, 6.45) is 10.5. The number of pyridine rings is 1. The van der Waals surface area contributed by atoms with Crippen molar-refractivity contribution in [3.63, 3.8) is 0 Å². The first-order chi connectivity index (χ1) is 9.83. The highest BCUT2D eigenvalue weighted by Gasteiger charge is 2.17. The van der Waals surface area contributed by atoms with Crippen molar-refractivity contribution in [3.05, 3.63) is 64.6 Å². The minimum atomic E-state index is -0.0925. The van der Waals surface area contributed by atoms with Crippen molar-refractivity contribution in [2.24, 2.45) is 4.99 Å². The van der Waals surface area contributed by atoms with E-state index in [-0.39, 0.29) is 5.91 Å². The molecule has 100 valence electrons. The number of allylic oxidation sites excluding steroid dienone is 1. The predicted molar refractivity (Wildman–Crippen MR) is 79.3 cm³/mol. The van der Waals surface area contributed by atoms with Gasteiger partial charge < -0.3 is 10.2 Å². The number of nitrogens with zero attached hydrogens (tertiary/aromatic N) is 3. The van der Waals surface area contributed by atoms with Crippen LogP contribution >= 0.6 is 11.8 Å². The monoisotopic (exact) mass is 284 g/mol. The number of amides is 1. The summed E-state index contributed by atoms with van der Waals surface area (Å²) in [5, 5.41) is 4.82. The molecule has 0 saturated heterocycles. The van der Waals surface area contributed by atoms with E-state index in [1.165, 1.54) is 11.8 Å². The second-order valence-electron chi connectivity index (χ2n) is 4.18. The van der Waals surface area contributed by atoms with Crippen LogP contribution in [0.15, 0.2) is 64.0 Å². The smallest absolute Gasteiger partial charge is 0.259 e. The molecule has 1 N–H and O–H groups in total. The van der Waals surface area contributed by atoms with E-state index in [1.807, 2.05) is 28.5 Å². The molecule has 6 heteroatoms. The van der Waals surface area contributed by atoms with Crippen molar-refractivity contribution in [2.45, 2.75) is 6.54 Å². The Kier molecular flexibility index (Phi) is 3.64. The summed E-state index contributed by atoms with van der Waals surface area (Å²) < 4.78 is 0. The van der Waals surface area contributed by atoms with Crippen molar-refractivity contribution < 1.29 is 4.79 Å². The molecule has 0 atom stereocenters. The zero-order valence-corrected chi connectivity index (χ0v) is 11.4. The number of aliphatic imine (C=N–C) groups is 1. The van der Waals surface area contributed by atoms with Gasteiger partial charge in [0.1, 0.15) is 0 Å². The molecule has 1 aromatic heterocycles. The van der Waals surface area contributed by atoms with Gasteiger partial charge in [-0.3, -0.25) is 9.78 Å². The predicted octanol–water partition coefficient (Wildman–Crippen LogP) is 1.98. The molecule has 0 unspecified atom stereocenters. The Balaban J connectivity index is 1.62. The summed E-state index contributed by atoms with van der Waals surface area (Å²) >= 11 is 1.41. The van der Waals surface area contributed by atoms with Crippen molar-refractivity contribution in [3.8, 4) is 0 Å². The van der Waals surface area contributed by atoms with Gasteiger partial charge in [0.05, 0.1) is 16.9 Å². The number of aromatic nitrogens is 1. The van der Waals surface area contributed by atoms with E-state index in [2.05, 4.69) is 15.3 Å². The Morgan fingerprint density at radius 1 is 1.35 bits per heavy atom. The highest BCUT2D eigenvalue weighted by Crippen LogP contribution is 2.28. The fraction of sp³-hybridized carbons (Fsp3) is 0.0714. The summed E-state index contributed by atoms with van der Waals surface area (Å²) in [6, 6.07) is 3.76. The van der Waals surface area contributed by atoms with E-state index in [0.29, 0.717) is 11.4 Å². The van der Waals surface area contributed by atoms with Crippen LogP contribution in [0.1, 0.15) is 5.56 Å². The van der Waals surface area contributed by atoms with Gasteiger partial charge in [-0.1, -0.05) is 11.8 Å². The van der Waals surface area contributed by atoms with Gasteiger partial charge >= 0.3 is 0 Å². The van der Waals surface area contributed by atoms with E-state index < -0.39 is 0 Å². The van der Waals surface area contributed by atoms with E-state index in [0.717, 1.165) is 11.3 Å². The molecule has 0 saturated carbocycles. The van der Waals surface area contributed by atoms with Gasteiger partial charge in [-0.05, 0) is 23.8 Å². The Morgan fingerprint density at radius 3 is 3.05 bits per heavy atom. The van der Waals surface area contributed by atoms with Gasteiger partial charge in [0.15, 0.2) is 0 Å². The SMILES string of the molecule is O=C(NCc1ccncc1)C1=CN2C=NC=CC2=CS1. The lowest BCUT2D eigenvalue weighted by atomic mass is 10.3. The van der Waals surface area contributed by atoms with Gasteiger partial charge in [-0.2, -0.15) is 0 Å². The molecule has 2 aliphatic heterocycles. The van der Waals surface area contributed by atoms with Crippen LogP contribution in [0.3, 0.4) is 0 Å². The Bertz CT molecular complexity index is 634. The van der Waals surface area contributed by atoms with Gasteiger partial charge in [0.2, 0.25) is 0 Å². The van der Waals surface area contributed by atoms with Crippen LogP contribution in [0.4, 0.5) is 0 Å². The molecule has 0 bridgehead atoms. The van der Waals surface area contributed by atoms with Gasteiger partial charge in [0.25, 0.3) is 5.91 Å². The highest BCUT2D eigenvalue weighted by molar-refractivity contribution is 8.06. The Hall–Kier alpha value is -2.34. The molecular weight excluding hydrogens is 272 g/mol. The maximum absolute atomic E-state index is 12.1. The summed E-state index contributed by atoms with van der Waals surface area (Å²) in [7, 11) is 0. The minimum absolute atomic E-state index is 0.0925. The number of thioether (sulfide) groups is 1. The van der Waals surface area contributed by atoms with Crippen LogP contribution < -0.4 is 5.32 Å². The lowest BCUT2D eigenvalue weighted by molar-refractivity contribution is -0.117. The number of carbonyl (C=O) groups is 1. The fourth-order valence-corrected chi connectivity index (χ4v) is 2.55. The topological polar surface area (TPSA) is 57.6 Å². The zero-order chi connectivity index (χ0) is 13.8. The second-order valence-corrected chi connectivity index (χ2v) is 5.09. The summed E-state index contributed by atoms with van der Waals surface area (Å²) in [5.41, 5.74) is 2.03.